The van der Waals surface area contributed by atoms with Gasteiger partial charge in [0, 0.05) is 6.20 Å². The van der Waals surface area contributed by atoms with Crippen LogP contribution in [0.5, 0.6) is 0 Å². The fourth-order valence-corrected chi connectivity index (χ4v) is 3.32. The van der Waals surface area contributed by atoms with Crippen molar-refractivity contribution in [1.29, 1.82) is 0 Å². The summed E-state index contributed by atoms with van der Waals surface area (Å²) >= 11 is 7.30. The number of benzene rings is 1. The van der Waals surface area contributed by atoms with Gasteiger partial charge in [0.15, 0.2) is 4.47 Å². The van der Waals surface area contributed by atoms with E-state index in [2.05, 4.69) is 29.2 Å². The second kappa shape index (κ2) is 5.39. The van der Waals surface area contributed by atoms with Gasteiger partial charge in [-0.1, -0.05) is 35.9 Å². The molecule has 94 valence electrons. The molecule has 0 aliphatic heterocycles. The van der Waals surface area contributed by atoms with E-state index in [-0.39, 0.29) is 6.10 Å². The van der Waals surface area contributed by atoms with E-state index in [4.69, 9.17) is 16.3 Å². The molecule has 1 unspecified atom stereocenters. The summed E-state index contributed by atoms with van der Waals surface area (Å²) < 4.78 is 6.60. The predicted octanol–water partition coefficient (Wildman–Crippen LogP) is 4.39. The van der Waals surface area contributed by atoms with Gasteiger partial charge >= 0.3 is 0 Å². The van der Waals surface area contributed by atoms with Crippen LogP contribution in [0, 0.1) is 0 Å². The molecule has 1 aliphatic rings. The summed E-state index contributed by atoms with van der Waals surface area (Å²) in [6, 6.07) is 8.57. The van der Waals surface area contributed by atoms with Gasteiger partial charge in [0.05, 0.1) is 17.6 Å². The quantitative estimate of drug-likeness (QED) is 0.831. The number of halogens is 1. The molecule has 3 rings (SSSR count). The molecule has 0 bridgehead atoms. The Kier molecular flexibility index (Phi) is 3.64. The molecule has 0 spiro atoms. The van der Waals surface area contributed by atoms with E-state index in [0.717, 1.165) is 11.3 Å². The van der Waals surface area contributed by atoms with Crippen LogP contribution in [0.2, 0.25) is 4.47 Å². The Hall–Kier alpha value is -0.900. The highest BCUT2D eigenvalue weighted by Crippen LogP contribution is 2.33. The summed E-state index contributed by atoms with van der Waals surface area (Å²) in [5.74, 6) is 0. The molecule has 0 saturated heterocycles. The lowest BCUT2D eigenvalue weighted by molar-refractivity contribution is 0.0297. The van der Waals surface area contributed by atoms with Gasteiger partial charge in [0.1, 0.15) is 0 Å². The van der Waals surface area contributed by atoms with Crippen LogP contribution in [0.3, 0.4) is 0 Å². The lowest BCUT2D eigenvalue weighted by atomic mass is 9.89. The zero-order valence-corrected chi connectivity index (χ0v) is 11.5. The predicted molar refractivity (Wildman–Crippen MR) is 74.0 cm³/mol. The molecule has 2 nitrogen and oxygen atoms in total. The standard InChI is InChI=1S/C14H14ClNOS/c15-14-16-8-11(18-14)9-17-13-7-3-5-10-4-1-2-6-12(10)13/h1-2,4,6,8,13H,3,5,7,9H2. The smallest absolute Gasteiger partial charge is 0.183 e. The maximum absolute atomic E-state index is 6.02. The first-order valence-corrected chi connectivity index (χ1v) is 7.32. The van der Waals surface area contributed by atoms with Crippen molar-refractivity contribution in [3.8, 4) is 0 Å². The zero-order valence-electron chi connectivity index (χ0n) is 9.93. The van der Waals surface area contributed by atoms with Gasteiger partial charge in [0.2, 0.25) is 0 Å². The van der Waals surface area contributed by atoms with Crippen LogP contribution < -0.4 is 0 Å². The van der Waals surface area contributed by atoms with Crippen molar-refractivity contribution in [2.24, 2.45) is 0 Å². The molecule has 0 fully saturated rings. The molecule has 2 aromatic rings. The topological polar surface area (TPSA) is 22.1 Å². The van der Waals surface area contributed by atoms with Crippen LogP contribution in [0.25, 0.3) is 0 Å². The van der Waals surface area contributed by atoms with E-state index in [0.29, 0.717) is 11.1 Å². The monoisotopic (exact) mass is 279 g/mol. The van der Waals surface area contributed by atoms with Crippen molar-refractivity contribution in [2.45, 2.75) is 32.0 Å². The fourth-order valence-electron chi connectivity index (χ4n) is 2.42. The summed E-state index contributed by atoms with van der Waals surface area (Å²) in [7, 11) is 0. The zero-order chi connectivity index (χ0) is 12.4. The SMILES string of the molecule is Clc1ncc(COC2CCCc3ccccc32)s1. The van der Waals surface area contributed by atoms with Crippen LogP contribution in [-0.2, 0) is 17.8 Å². The van der Waals surface area contributed by atoms with Crippen LogP contribution in [-0.4, -0.2) is 4.98 Å². The van der Waals surface area contributed by atoms with Crippen molar-refractivity contribution in [2.75, 3.05) is 0 Å². The third-order valence-corrected chi connectivity index (χ3v) is 4.35. The number of hydrogen-bond donors (Lipinski definition) is 0. The highest BCUT2D eigenvalue weighted by molar-refractivity contribution is 7.15. The minimum absolute atomic E-state index is 0.218. The molecular formula is C14H14ClNOS. The summed E-state index contributed by atoms with van der Waals surface area (Å²) in [4.78, 5) is 5.11. The Bertz CT molecular complexity index is 540. The second-order valence-electron chi connectivity index (χ2n) is 4.47. The minimum atomic E-state index is 0.218. The number of hydrogen-bond acceptors (Lipinski definition) is 3. The summed E-state index contributed by atoms with van der Waals surface area (Å²) in [5.41, 5.74) is 2.77. The molecule has 1 aromatic heterocycles. The largest absolute Gasteiger partial charge is 0.368 e. The maximum Gasteiger partial charge on any atom is 0.183 e. The average Bonchev–Trinajstić information content (AvgIpc) is 2.82. The third kappa shape index (κ3) is 2.58. The Balaban J connectivity index is 1.71. The van der Waals surface area contributed by atoms with Gasteiger partial charge in [-0.2, -0.15) is 0 Å². The first-order valence-electron chi connectivity index (χ1n) is 6.12. The van der Waals surface area contributed by atoms with E-state index < -0.39 is 0 Å². The Morgan fingerprint density at radius 2 is 2.28 bits per heavy atom. The number of thiazole rings is 1. The van der Waals surface area contributed by atoms with Crippen molar-refractivity contribution >= 4 is 22.9 Å². The highest BCUT2D eigenvalue weighted by Gasteiger charge is 2.20. The van der Waals surface area contributed by atoms with Crippen LogP contribution in [0.4, 0.5) is 0 Å². The number of nitrogens with zero attached hydrogens (tertiary/aromatic N) is 1. The molecule has 1 heterocycles. The molecule has 1 aliphatic carbocycles. The van der Waals surface area contributed by atoms with Gasteiger partial charge in [-0.3, -0.25) is 0 Å². The van der Waals surface area contributed by atoms with E-state index in [1.807, 2.05) is 0 Å². The van der Waals surface area contributed by atoms with E-state index in [1.54, 1.807) is 6.20 Å². The Labute approximate surface area is 116 Å². The number of aromatic nitrogens is 1. The van der Waals surface area contributed by atoms with Crippen LogP contribution in [0.1, 0.15) is 34.9 Å². The van der Waals surface area contributed by atoms with Crippen LogP contribution in [0.15, 0.2) is 30.5 Å². The summed E-state index contributed by atoms with van der Waals surface area (Å²) in [6.07, 6.45) is 5.48. The van der Waals surface area contributed by atoms with Crippen LogP contribution >= 0.6 is 22.9 Å². The summed E-state index contributed by atoms with van der Waals surface area (Å²) in [5, 5.41) is 0. The molecular weight excluding hydrogens is 266 g/mol. The fraction of sp³-hybridized carbons (Fsp3) is 0.357. The average molecular weight is 280 g/mol. The van der Waals surface area contributed by atoms with Gasteiger partial charge in [-0.05, 0) is 30.4 Å². The van der Waals surface area contributed by atoms with Gasteiger partial charge in [0.25, 0.3) is 0 Å². The van der Waals surface area contributed by atoms with E-state index in [9.17, 15) is 0 Å². The molecule has 0 N–H and O–H groups in total. The molecule has 0 radical (unpaired) electrons. The van der Waals surface area contributed by atoms with Gasteiger partial charge in [-0.25, -0.2) is 4.98 Å². The second-order valence-corrected chi connectivity index (χ2v) is 6.17. The number of ether oxygens (including phenoxy) is 1. The van der Waals surface area contributed by atoms with E-state index >= 15 is 0 Å². The van der Waals surface area contributed by atoms with Crippen molar-refractivity contribution in [3.05, 3.63) is 50.9 Å². The first kappa shape index (κ1) is 12.2. The molecule has 4 heteroatoms. The Morgan fingerprint density at radius 3 is 3.11 bits per heavy atom. The Morgan fingerprint density at radius 1 is 1.39 bits per heavy atom. The van der Waals surface area contributed by atoms with Gasteiger partial charge in [-0.15, -0.1) is 11.3 Å². The van der Waals surface area contributed by atoms with E-state index in [1.165, 1.54) is 35.3 Å². The molecule has 1 atom stereocenters. The minimum Gasteiger partial charge on any atom is -0.368 e. The molecule has 1 aromatic carbocycles. The lowest BCUT2D eigenvalue weighted by Crippen LogP contribution is -2.12. The molecule has 0 saturated carbocycles. The highest BCUT2D eigenvalue weighted by atomic mass is 35.5. The number of fused-ring (bicyclic) bond motifs is 1. The summed E-state index contributed by atoms with van der Waals surface area (Å²) in [6.45, 7) is 0.601. The number of rotatable bonds is 3. The third-order valence-electron chi connectivity index (χ3n) is 3.27. The van der Waals surface area contributed by atoms with Crippen molar-refractivity contribution in [3.63, 3.8) is 0 Å². The van der Waals surface area contributed by atoms with Gasteiger partial charge < -0.3 is 4.74 Å². The molecule has 18 heavy (non-hydrogen) atoms. The lowest BCUT2D eigenvalue weighted by Gasteiger charge is -2.25. The maximum atomic E-state index is 6.02. The van der Waals surface area contributed by atoms with Crippen molar-refractivity contribution < 1.29 is 4.74 Å². The first-order chi connectivity index (χ1) is 8.83. The molecule has 0 amide bonds. The van der Waals surface area contributed by atoms with Crippen molar-refractivity contribution in [1.82, 2.24) is 4.98 Å². The number of aryl methyl sites for hydroxylation is 1. The normalized spacial score (nSPS) is 18.6.